The van der Waals surface area contributed by atoms with Crippen molar-refractivity contribution < 1.29 is 9.15 Å². The van der Waals surface area contributed by atoms with Crippen LogP contribution in [0.2, 0.25) is 0 Å². The zero-order chi connectivity index (χ0) is 17.1. The summed E-state index contributed by atoms with van der Waals surface area (Å²) in [5, 5.41) is 6.76. The summed E-state index contributed by atoms with van der Waals surface area (Å²) in [4.78, 5) is 5.13. The Morgan fingerprint density at radius 1 is 1.21 bits per heavy atom. The quantitative estimate of drug-likeness (QED) is 0.675. The van der Waals surface area contributed by atoms with Crippen molar-refractivity contribution in [2.75, 3.05) is 14.2 Å². The fraction of sp³-hybridized carbons (Fsp3) is 0.222. The predicted molar refractivity (Wildman–Crippen MR) is 96.8 cm³/mol. The van der Waals surface area contributed by atoms with Gasteiger partial charge in [0.2, 0.25) is 4.80 Å². The highest BCUT2D eigenvalue weighted by Crippen LogP contribution is 2.30. The molecule has 6 heteroatoms. The summed E-state index contributed by atoms with van der Waals surface area (Å²) in [6.45, 7) is 3.84. The van der Waals surface area contributed by atoms with Gasteiger partial charge in [-0.05, 0) is 38.1 Å². The first-order chi connectivity index (χ1) is 11.6. The first-order valence-electron chi connectivity index (χ1n) is 7.53. The third-order valence-corrected chi connectivity index (χ3v) is 4.51. The number of rotatable bonds is 4. The summed E-state index contributed by atoms with van der Waals surface area (Å²) in [5.74, 6) is 2.41. The molecule has 0 aliphatic heterocycles. The number of thiazole rings is 1. The van der Waals surface area contributed by atoms with Gasteiger partial charge in [0.05, 0.1) is 12.8 Å². The molecule has 124 valence electrons. The molecule has 2 heterocycles. The second kappa shape index (κ2) is 6.88. The number of methoxy groups -OCH3 is 1. The minimum absolute atomic E-state index is 0.749. The fourth-order valence-corrected chi connectivity index (χ4v) is 3.21. The van der Waals surface area contributed by atoms with Crippen LogP contribution in [-0.4, -0.2) is 24.5 Å². The molecule has 5 nitrogen and oxygen atoms in total. The molecule has 1 aromatic carbocycles. The number of benzene rings is 1. The maximum Gasteiger partial charge on any atom is 0.205 e. The lowest BCUT2D eigenvalue weighted by molar-refractivity contribution is 0.416. The Kier molecular flexibility index (Phi) is 4.66. The van der Waals surface area contributed by atoms with Crippen molar-refractivity contribution >= 4 is 17.0 Å². The van der Waals surface area contributed by atoms with Gasteiger partial charge in [-0.2, -0.15) is 5.10 Å². The minimum atomic E-state index is 0.749. The van der Waals surface area contributed by atoms with Crippen molar-refractivity contribution in [2.24, 2.45) is 10.1 Å². The molecule has 0 unspecified atom stereocenters. The molecule has 0 fully saturated rings. The van der Waals surface area contributed by atoms with Gasteiger partial charge in [0.25, 0.3) is 0 Å². The van der Waals surface area contributed by atoms with E-state index in [1.54, 1.807) is 14.2 Å². The summed E-state index contributed by atoms with van der Waals surface area (Å²) in [6.07, 6.45) is 0. The van der Waals surface area contributed by atoms with E-state index in [9.17, 15) is 0 Å². The normalized spacial score (nSPS) is 12.7. The first kappa shape index (κ1) is 16.3. The summed E-state index contributed by atoms with van der Waals surface area (Å²) >= 11 is 1.54. The van der Waals surface area contributed by atoms with Crippen LogP contribution in [0.25, 0.3) is 11.3 Å². The largest absolute Gasteiger partial charge is 0.496 e. The zero-order valence-corrected chi connectivity index (χ0v) is 14.9. The molecule has 0 radical (unpaired) electrons. The van der Waals surface area contributed by atoms with Crippen LogP contribution in [0, 0.1) is 6.92 Å². The van der Waals surface area contributed by atoms with Gasteiger partial charge in [0.15, 0.2) is 0 Å². The van der Waals surface area contributed by atoms with E-state index in [1.165, 1.54) is 11.3 Å². The molecule has 0 saturated carbocycles. The lowest BCUT2D eigenvalue weighted by atomic mass is 10.1. The monoisotopic (exact) mass is 341 g/mol. The Balaban J connectivity index is 2.16. The first-order valence-corrected chi connectivity index (χ1v) is 8.41. The van der Waals surface area contributed by atoms with E-state index in [0.717, 1.165) is 39.0 Å². The van der Waals surface area contributed by atoms with Crippen LogP contribution in [0.4, 0.5) is 0 Å². The van der Waals surface area contributed by atoms with Crippen LogP contribution < -0.4 is 9.54 Å². The third-order valence-electron chi connectivity index (χ3n) is 3.61. The number of hydrogen-bond acceptors (Lipinski definition) is 5. The van der Waals surface area contributed by atoms with Gasteiger partial charge in [-0.3, -0.25) is 4.99 Å². The van der Waals surface area contributed by atoms with E-state index >= 15 is 0 Å². The maximum absolute atomic E-state index is 5.66. The summed E-state index contributed by atoms with van der Waals surface area (Å²) < 4.78 is 13.0. The number of ether oxygens (including phenoxy) is 1. The van der Waals surface area contributed by atoms with E-state index in [2.05, 4.69) is 4.99 Å². The van der Waals surface area contributed by atoms with Crippen molar-refractivity contribution in [2.45, 2.75) is 13.8 Å². The van der Waals surface area contributed by atoms with Crippen LogP contribution in [-0.2, 0) is 0 Å². The average Bonchev–Trinajstić information content (AvgIpc) is 3.21. The maximum atomic E-state index is 5.66. The zero-order valence-electron chi connectivity index (χ0n) is 14.1. The molecule has 24 heavy (non-hydrogen) atoms. The Labute approximate surface area is 144 Å². The van der Waals surface area contributed by atoms with Gasteiger partial charge in [-0.25, -0.2) is 4.68 Å². The molecule has 2 aromatic heterocycles. The number of hydrogen-bond donors (Lipinski definition) is 0. The van der Waals surface area contributed by atoms with E-state index in [-0.39, 0.29) is 0 Å². The summed E-state index contributed by atoms with van der Waals surface area (Å²) in [6, 6.07) is 11.7. The van der Waals surface area contributed by atoms with Crippen molar-refractivity contribution in [3.05, 3.63) is 58.1 Å². The SMILES string of the molecule is CN=c1scc(-c2ccccc2OC)n1N=C(C)c1ccc(C)o1. The Hall–Kier alpha value is -2.60. The predicted octanol–water partition coefficient (Wildman–Crippen LogP) is 3.93. The molecule has 3 aromatic rings. The second-order valence-corrected chi connectivity index (χ2v) is 6.07. The topological polar surface area (TPSA) is 52.0 Å². The molecular weight excluding hydrogens is 322 g/mol. The van der Waals surface area contributed by atoms with Gasteiger partial charge < -0.3 is 9.15 Å². The molecule has 0 saturated heterocycles. The second-order valence-electron chi connectivity index (χ2n) is 5.23. The van der Waals surface area contributed by atoms with Gasteiger partial charge in [-0.15, -0.1) is 11.3 Å². The molecule has 3 rings (SSSR count). The summed E-state index contributed by atoms with van der Waals surface area (Å²) in [5.41, 5.74) is 2.69. The number of nitrogens with zero attached hydrogens (tertiary/aromatic N) is 3. The van der Waals surface area contributed by atoms with Gasteiger partial charge in [0, 0.05) is 18.0 Å². The number of aryl methyl sites for hydroxylation is 1. The molecule has 0 N–H and O–H groups in total. The molecule has 0 bridgehead atoms. The third kappa shape index (κ3) is 3.05. The van der Waals surface area contributed by atoms with Crippen LogP contribution in [0.5, 0.6) is 5.75 Å². The molecule has 0 spiro atoms. The Bertz CT molecular complexity index is 947. The molecule has 0 aliphatic carbocycles. The number of furan rings is 1. The van der Waals surface area contributed by atoms with Crippen molar-refractivity contribution in [1.29, 1.82) is 0 Å². The Morgan fingerprint density at radius 2 is 2.00 bits per heavy atom. The summed E-state index contributed by atoms with van der Waals surface area (Å²) in [7, 11) is 3.43. The van der Waals surface area contributed by atoms with Crippen molar-refractivity contribution in [1.82, 2.24) is 4.68 Å². The lowest BCUT2D eigenvalue weighted by Gasteiger charge is -2.09. The molecule has 0 aliphatic rings. The average molecular weight is 341 g/mol. The van der Waals surface area contributed by atoms with Gasteiger partial charge >= 0.3 is 0 Å². The van der Waals surface area contributed by atoms with Crippen LogP contribution in [0.1, 0.15) is 18.4 Å². The molecule has 0 amide bonds. The van der Waals surface area contributed by atoms with Crippen molar-refractivity contribution in [3.63, 3.8) is 0 Å². The highest BCUT2D eigenvalue weighted by molar-refractivity contribution is 7.07. The van der Waals surface area contributed by atoms with Crippen LogP contribution >= 0.6 is 11.3 Å². The molecule has 0 atom stereocenters. The number of aromatic nitrogens is 1. The highest BCUT2D eigenvalue weighted by atomic mass is 32.1. The highest BCUT2D eigenvalue weighted by Gasteiger charge is 2.13. The van der Waals surface area contributed by atoms with Crippen LogP contribution in [0.3, 0.4) is 0 Å². The fourth-order valence-electron chi connectivity index (χ4n) is 2.42. The minimum Gasteiger partial charge on any atom is -0.496 e. The van der Waals surface area contributed by atoms with E-state index < -0.39 is 0 Å². The lowest BCUT2D eigenvalue weighted by Crippen LogP contribution is -2.13. The van der Waals surface area contributed by atoms with E-state index in [0.29, 0.717) is 0 Å². The van der Waals surface area contributed by atoms with E-state index in [4.69, 9.17) is 14.3 Å². The van der Waals surface area contributed by atoms with E-state index in [1.807, 2.05) is 60.3 Å². The van der Waals surface area contributed by atoms with Crippen molar-refractivity contribution in [3.8, 4) is 17.0 Å². The standard InChI is InChI=1S/C18H19N3O2S/c1-12-9-10-16(23-12)13(2)20-21-15(11-24-18(21)19-3)14-7-5-6-8-17(14)22-4/h5-11H,1-4H3. The van der Waals surface area contributed by atoms with Gasteiger partial charge in [0.1, 0.15) is 23.0 Å². The smallest absolute Gasteiger partial charge is 0.205 e. The Morgan fingerprint density at radius 3 is 2.67 bits per heavy atom. The number of para-hydroxylation sites is 1. The van der Waals surface area contributed by atoms with Crippen LogP contribution in [0.15, 0.2) is 56.3 Å². The van der Waals surface area contributed by atoms with Gasteiger partial charge in [-0.1, -0.05) is 12.1 Å². The molecular formula is C18H19N3O2S.